The van der Waals surface area contributed by atoms with Crippen molar-refractivity contribution < 1.29 is 19.1 Å². The van der Waals surface area contributed by atoms with Gasteiger partial charge in [-0.25, -0.2) is 4.98 Å². The van der Waals surface area contributed by atoms with Crippen LogP contribution in [0.5, 0.6) is 5.75 Å². The summed E-state index contributed by atoms with van der Waals surface area (Å²) in [5, 5.41) is 5.10. The van der Waals surface area contributed by atoms with Crippen LogP contribution in [0, 0.1) is 5.92 Å². The monoisotopic (exact) mass is 407 g/mol. The minimum atomic E-state index is -0.896. The second kappa shape index (κ2) is 8.49. The van der Waals surface area contributed by atoms with E-state index in [1.807, 2.05) is 0 Å². The minimum Gasteiger partial charge on any atom is -0.497 e. The lowest BCUT2D eigenvalue weighted by atomic mass is 9.95. The Hall–Kier alpha value is -2.45. The van der Waals surface area contributed by atoms with Gasteiger partial charge in [0.15, 0.2) is 10.9 Å². The van der Waals surface area contributed by atoms with Gasteiger partial charge in [0, 0.05) is 11.5 Å². The standard InChI is InChI=1S/C18H18ClN3O4S/c1-26-11-6-7-13(12(8-11)15(23)10-4-2-3-5-10)21-16(24)17(25)22-18-20-9-14(19)27-18/h6-10H,2-5H2,1H3,(H,21,24)(H,20,22,25). The van der Waals surface area contributed by atoms with Crippen LogP contribution in [0.2, 0.25) is 4.34 Å². The van der Waals surface area contributed by atoms with Gasteiger partial charge in [0.1, 0.15) is 10.1 Å². The number of benzene rings is 1. The Bertz CT molecular complexity index is 877. The van der Waals surface area contributed by atoms with Crippen LogP contribution < -0.4 is 15.4 Å². The number of anilines is 2. The van der Waals surface area contributed by atoms with Gasteiger partial charge < -0.3 is 10.1 Å². The first-order valence-corrected chi connectivity index (χ1v) is 9.63. The van der Waals surface area contributed by atoms with E-state index in [0.29, 0.717) is 15.6 Å². The molecule has 3 rings (SSSR count). The molecule has 27 heavy (non-hydrogen) atoms. The zero-order valence-corrected chi connectivity index (χ0v) is 16.2. The van der Waals surface area contributed by atoms with Crippen molar-refractivity contribution >= 4 is 51.4 Å². The van der Waals surface area contributed by atoms with Gasteiger partial charge in [0.05, 0.1) is 19.0 Å². The first-order chi connectivity index (χ1) is 13.0. The third kappa shape index (κ3) is 4.64. The number of hydrogen-bond acceptors (Lipinski definition) is 6. The second-order valence-electron chi connectivity index (χ2n) is 6.13. The SMILES string of the molecule is COc1ccc(NC(=O)C(=O)Nc2ncc(Cl)s2)c(C(=O)C2CCCC2)c1. The fourth-order valence-corrected chi connectivity index (χ4v) is 3.82. The maximum Gasteiger partial charge on any atom is 0.315 e. The summed E-state index contributed by atoms with van der Waals surface area (Å²) in [4.78, 5) is 41.1. The number of hydrogen-bond donors (Lipinski definition) is 2. The summed E-state index contributed by atoms with van der Waals surface area (Å²) in [6, 6.07) is 4.78. The summed E-state index contributed by atoms with van der Waals surface area (Å²) in [5.41, 5.74) is 0.629. The highest BCUT2D eigenvalue weighted by Crippen LogP contribution is 2.32. The van der Waals surface area contributed by atoms with Crippen LogP contribution in [-0.2, 0) is 9.59 Å². The predicted octanol–water partition coefficient (Wildman–Crippen LogP) is 3.76. The summed E-state index contributed by atoms with van der Waals surface area (Å²) in [6.07, 6.45) is 5.06. The van der Waals surface area contributed by atoms with Crippen molar-refractivity contribution in [1.29, 1.82) is 0 Å². The van der Waals surface area contributed by atoms with E-state index >= 15 is 0 Å². The van der Waals surface area contributed by atoms with E-state index in [-0.39, 0.29) is 22.5 Å². The van der Waals surface area contributed by atoms with Gasteiger partial charge in [0.2, 0.25) is 0 Å². The highest BCUT2D eigenvalue weighted by Gasteiger charge is 2.27. The molecule has 0 radical (unpaired) electrons. The van der Waals surface area contributed by atoms with Crippen LogP contribution in [0.3, 0.4) is 0 Å². The molecule has 7 nitrogen and oxygen atoms in total. The molecule has 0 unspecified atom stereocenters. The first kappa shape index (κ1) is 19.3. The van der Waals surface area contributed by atoms with Crippen LogP contribution in [-0.4, -0.2) is 29.7 Å². The Morgan fingerprint density at radius 2 is 1.89 bits per heavy atom. The third-order valence-electron chi connectivity index (χ3n) is 4.37. The Balaban J connectivity index is 1.77. The molecule has 1 heterocycles. The molecule has 0 saturated heterocycles. The highest BCUT2D eigenvalue weighted by atomic mass is 35.5. The zero-order valence-electron chi connectivity index (χ0n) is 14.6. The zero-order chi connectivity index (χ0) is 19.4. The number of methoxy groups -OCH3 is 1. The van der Waals surface area contributed by atoms with E-state index in [4.69, 9.17) is 16.3 Å². The van der Waals surface area contributed by atoms with Crippen molar-refractivity contribution in [1.82, 2.24) is 4.98 Å². The summed E-state index contributed by atoms with van der Waals surface area (Å²) < 4.78 is 5.59. The minimum absolute atomic E-state index is 0.0474. The van der Waals surface area contributed by atoms with Crippen LogP contribution in [0.1, 0.15) is 36.0 Å². The maximum atomic E-state index is 12.9. The van der Waals surface area contributed by atoms with Gasteiger partial charge in [-0.15, -0.1) is 0 Å². The Morgan fingerprint density at radius 1 is 1.19 bits per heavy atom. The number of amides is 2. The maximum absolute atomic E-state index is 12.9. The van der Waals surface area contributed by atoms with Gasteiger partial charge in [-0.2, -0.15) is 0 Å². The molecule has 1 aliphatic carbocycles. The molecule has 2 aromatic rings. The number of carbonyl (C=O) groups is 3. The number of Topliss-reactive ketones (excluding diaryl/α,β-unsaturated/α-hetero) is 1. The normalized spacial score (nSPS) is 14.0. The van der Waals surface area contributed by atoms with Gasteiger partial charge in [-0.1, -0.05) is 35.8 Å². The average molecular weight is 408 g/mol. The average Bonchev–Trinajstić information content (AvgIpc) is 3.33. The van der Waals surface area contributed by atoms with Gasteiger partial charge in [0.25, 0.3) is 0 Å². The topological polar surface area (TPSA) is 97.4 Å². The van der Waals surface area contributed by atoms with Crippen LogP contribution in [0.25, 0.3) is 0 Å². The number of carbonyl (C=O) groups excluding carboxylic acids is 3. The highest BCUT2D eigenvalue weighted by molar-refractivity contribution is 7.19. The molecule has 1 saturated carbocycles. The van der Waals surface area contributed by atoms with Crippen LogP contribution in [0.4, 0.5) is 10.8 Å². The summed E-state index contributed by atoms with van der Waals surface area (Å²) in [6.45, 7) is 0. The fraction of sp³-hybridized carbons (Fsp3) is 0.333. The number of nitrogens with one attached hydrogen (secondary N) is 2. The fourth-order valence-electron chi connectivity index (χ4n) is 3.02. The van der Waals surface area contributed by atoms with Gasteiger partial charge in [-0.05, 0) is 31.0 Å². The van der Waals surface area contributed by atoms with Crippen molar-refractivity contribution in [3.63, 3.8) is 0 Å². The number of ether oxygens (including phenoxy) is 1. The molecule has 0 spiro atoms. The van der Waals surface area contributed by atoms with E-state index < -0.39 is 11.8 Å². The van der Waals surface area contributed by atoms with Crippen molar-refractivity contribution in [2.75, 3.05) is 17.7 Å². The predicted molar refractivity (Wildman–Crippen MR) is 104 cm³/mol. The van der Waals surface area contributed by atoms with E-state index in [1.165, 1.54) is 13.3 Å². The Labute approximate surface area is 165 Å². The van der Waals surface area contributed by atoms with Crippen molar-refractivity contribution in [2.45, 2.75) is 25.7 Å². The van der Waals surface area contributed by atoms with Crippen LogP contribution in [0.15, 0.2) is 24.4 Å². The molecule has 1 aliphatic rings. The molecule has 0 bridgehead atoms. The largest absolute Gasteiger partial charge is 0.497 e. The first-order valence-electron chi connectivity index (χ1n) is 8.44. The smallest absolute Gasteiger partial charge is 0.315 e. The number of rotatable bonds is 5. The van der Waals surface area contributed by atoms with E-state index in [0.717, 1.165) is 37.0 Å². The summed E-state index contributed by atoms with van der Waals surface area (Å²) in [5.74, 6) is -1.40. The molecule has 0 atom stereocenters. The van der Waals surface area contributed by atoms with Gasteiger partial charge in [-0.3, -0.25) is 19.7 Å². The van der Waals surface area contributed by atoms with Crippen molar-refractivity contribution in [3.8, 4) is 5.75 Å². The second-order valence-corrected chi connectivity index (χ2v) is 7.80. The molecular weight excluding hydrogens is 390 g/mol. The molecule has 142 valence electrons. The molecule has 1 aromatic carbocycles. The van der Waals surface area contributed by atoms with Crippen molar-refractivity contribution in [2.24, 2.45) is 5.92 Å². The number of aromatic nitrogens is 1. The molecule has 2 N–H and O–H groups in total. The molecular formula is C18H18ClN3O4S. The van der Waals surface area contributed by atoms with Crippen molar-refractivity contribution in [3.05, 3.63) is 34.3 Å². The number of halogens is 1. The number of nitrogens with zero attached hydrogens (tertiary/aromatic N) is 1. The number of thiazole rings is 1. The molecule has 1 fully saturated rings. The van der Waals surface area contributed by atoms with E-state index in [2.05, 4.69) is 15.6 Å². The lowest BCUT2D eigenvalue weighted by Crippen LogP contribution is -2.30. The molecule has 0 aliphatic heterocycles. The third-order valence-corrected chi connectivity index (χ3v) is 5.40. The molecule has 2 amide bonds. The Morgan fingerprint density at radius 3 is 2.52 bits per heavy atom. The van der Waals surface area contributed by atoms with E-state index in [9.17, 15) is 14.4 Å². The lowest BCUT2D eigenvalue weighted by Gasteiger charge is -2.14. The lowest BCUT2D eigenvalue weighted by molar-refractivity contribution is -0.133. The molecule has 9 heteroatoms. The molecule has 1 aromatic heterocycles. The quantitative estimate of drug-likeness (QED) is 0.581. The summed E-state index contributed by atoms with van der Waals surface area (Å²) >= 11 is 6.80. The van der Waals surface area contributed by atoms with Crippen LogP contribution >= 0.6 is 22.9 Å². The Kier molecular flexibility index (Phi) is 6.08. The van der Waals surface area contributed by atoms with E-state index in [1.54, 1.807) is 18.2 Å². The number of ketones is 1. The van der Waals surface area contributed by atoms with Gasteiger partial charge >= 0.3 is 11.8 Å². The summed E-state index contributed by atoms with van der Waals surface area (Å²) in [7, 11) is 1.50.